The van der Waals surface area contributed by atoms with Crippen LogP contribution in [0, 0.1) is 5.82 Å². The second-order valence-electron chi connectivity index (χ2n) is 6.13. The van der Waals surface area contributed by atoms with E-state index in [0.29, 0.717) is 48.8 Å². The Balaban J connectivity index is 1.70. The molecule has 0 unspecified atom stereocenters. The second-order valence-corrected chi connectivity index (χ2v) is 6.13. The summed E-state index contributed by atoms with van der Waals surface area (Å²) < 4.78 is 23.6. The van der Waals surface area contributed by atoms with Crippen LogP contribution in [0.3, 0.4) is 0 Å². The van der Waals surface area contributed by atoms with E-state index in [9.17, 15) is 14.0 Å². The standard InChI is InChI=1S/C20H21FN2O4/c1-26-16-4-3-5-17(27-2)18(16)20(25)23-12-10-22(11-13-23)19(24)14-6-8-15(21)9-7-14/h3-9H,10-13H2,1-2H3. The van der Waals surface area contributed by atoms with Crippen molar-refractivity contribution in [1.82, 2.24) is 9.80 Å². The molecule has 0 atom stereocenters. The average molecular weight is 372 g/mol. The van der Waals surface area contributed by atoms with E-state index in [1.807, 2.05) is 0 Å². The minimum absolute atomic E-state index is 0.169. The normalized spacial score (nSPS) is 14.0. The predicted octanol–water partition coefficient (Wildman–Crippen LogP) is 2.44. The largest absolute Gasteiger partial charge is 0.496 e. The van der Waals surface area contributed by atoms with E-state index in [-0.39, 0.29) is 17.6 Å². The summed E-state index contributed by atoms with van der Waals surface area (Å²) in [7, 11) is 3.01. The van der Waals surface area contributed by atoms with Crippen molar-refractivity contribution in [3.05, 3.63) is 59.4 Å². The molecule has 2 amide bonds. The molecule has 2 aromatic carbocycles. The zero-order chi connectivity index (χ0) is 19.4. The molecule has 27 heavy (non-hydrogen) atoms. The number of benzene rings is 2. The molecule has 1 fully saturated rings. The molecule has 0 N–H and O–H groups in total. The van der Waals surface area contributed by atoms with Crippen LogP contribution in [0.15, 0.2) is 42.5 Å². The Morgan fingerprint density at radius 3 is 1.78 bits per heavy atom. The summed E-state index contributed by atoms with van der Waals surface area (Å²) in [5, 5.41) is 0. The van der Waals surface area contributed by atoms with E-state index >= 15 is 0 Å². The number of carbonyl (C=O) groups is 2. The molecule has 0 bridgehead atoms. The Kier molecular flexibility index (Phi) is 5.59. The average Bonchev–Trinajstić information content (AvgIpc) is 2.72. The molecule has 0 radical (unpaired) electrons. The Hall–Kier alpha value is -3.09. The minimum Gasteiger partial charge on any atom is -0.496 e. The van der Waals surface area contributed by atoms with Crippen LogP contribution in [-0.2, 0) is 0 Å². The maximum atomic E-state index is 13.0. The summed E-state index contributed by atoms with van der Waals surface area (Å²) in [6.07, 6.45) is 0. The van der Waals surface area contributed by atoms with Crippen LogP contribution >= 0.6 is 0 Å². The van der Waals surface area contributed by atoms with Gasteiger partial charge in [-0.25, -0.2) is 4.39 Å². The molecule has 0 saturated carbocycles. The van der Waals surface area contributed by atoms with Crippen LogP contribution in [0.1, 0.15) is 20.7 Å². The van der Waals surface area contributed by atoms with E-state index in [0.717, 1.165) is 0 Å². The van der Waals surface area contributed by atoms with E-state index < -0.39 is 0 Å². The summed E-state index contributed by atoms with van der Waals surface area (Å²) in [5.41, 5.74) is 0.809. The maximum absolute atomic E-state index is 13.0. The fourth-order valence-electron chi connectivity index (χ4n) is 3.11. The van der Waals surface area contributed by atoms with Crippen LogP contribution in [0.4, 0.5) is 4.39 Å². The third-order valence-corrected chi connectivity index (χ3v) is 4.59. The lowest BCUT2D eigenvalue weighted by Crippen LogP contribution is -2.50. The van der Waals surface area contributed by atoms with Gasteiger partial charge >= 0.3 is 0 Å². The molecular formula is C20H21FN2O4. The highest BCUT2D eigenvalue weighted by Crippen LogP contribution is 2.30. The van der Waals surface area contributed by atoms with Crippen molar-refractivity contribution in [1.29, 1.82) is 0 Å². The number of hydrogen-bond acceptors (Lipinski definition) is 4. The van der Waals surface area contributed by atoms with Gasteiger partial charge < -0.3 is 19.3 Å². The van der Waals surface area contributed by atoms with Gasteiger partial charge in [0.15, 0.2) is 0 Å². The number of rotatable bonds is 4. The maximum Gasteiger partial charge on any atom is 0.261 e. The molecule has 1 heterocycles. The fraction of sp³-hybridized carbons (Fsp3) is 0.300. The molecule has 142 valence electrons. The van der Waals surface area contributed by atoms with Gasteiger partial charge in [0.25, 0.3) is 11.8 Å². The molecule has 1 aliphatic rings. The van der Waals surface area contributed by atoms with Crippen molar-refractivity contribution in [2.75, 3.05) is 40.4 Å². The number of nitrogens with zero attached hydrogens (tertiary/aromatic N) is 2. The lowest BCUT2D eigenvalue weighted by molar-refractivity contribution is 0.0531. The monoisotopic (exact) mass is 372 g/mol. The second kappa shape index (κ2) is 8.07. The van der Waals surface area contributed by atoms with Crippen molar-refractivity contribution in [3.8, 4) is 11.5 Å². The van der Waals surface area contributed by atoms with Crippen molar-refractivity contribution >= 4 is 11.8 Å². The molecule has 3 rings (SSSR count). The predicted molar refractivity (Wildman–Crippen MR) is 97.8 cm³/mol. The van der Waals surface area contributed by atoms with Gasteiger partial charge in [-0.2, -0.15) is 0 Å². The Bertz CT molecular complexity index is 808. The van der Waals surface area contributed by atoms with Gasteiger partial charge in [0, 0.05) is 31.7 Å². The highest BCUT2D eigenvalue weighted by atomic mass is 19.1. The summed E-state index contributed by atoms with van der Waals surface area (Å²) in [6.45, 7) is 1.60. The number of carbonyl (C=O) groups excluding carboxylic acids is 2. The van der Waals surface area contributed by atoms with Crippen LogP contribution in [0.25, 0.3) is 0 Å². The van der Waals surface area contributed by atoms with Gasteiger partial charge in [-0.3, -0.25) is 9.59 Å². The number of ether oxygens (including phenoxy) is 2. The summed E-state index contributed by atoms with van der Waals surface area (Å²) >= 11 is 0. The molecule has 0 aromatic heterocycles. The van der Waals surface area contributed by atoms with Crippen LogP contribution < -0.4 is 9.47 Å². The Morgan fingerprint density at radius 2 is 1.30 bits per heavy atom. The molecule has 0 spiro atoms. The third-order valence-electron chi connectivity index (χ3n) is 4.59. The van der Waals surface area contributed by atoms with Crippen LogP contribution in [0.5, 0.6) is 11.5 Å². The number of piperazine rings is 1. The topological polar surface area (TPSA) is 59.1 Å². The van der Waals surface area contributed by atoms with Crippen molar-refractivity contribution < 1.29 is 23.5 Å². The first-order chi connectivity index (χ1) is 13.0. The van der Waals surface area contributed by atoms with Crippen LogP contribution in [0.2, 0.25) is 0 Å². The van der Waals surface area contributed by atoms with Gasteiger partial charge in [0.2, 0.25) is 0 Å². The molecule has 1 aliphatic heterocycles. The van der Waals surface area contributed by atoms with Crippen LogP contribution in [-0.4, -0.2) is 62.0 Å². The fourth-order valence-corrected chi connectivity index (χ4v) is 3.11. The van der Waals surface area contributed by atoms with Crippen molar-refractivity contribution in [2.45, 2.75) is 0 Å². The molecular weight excluding hydrogens is 351 g/mol. The van der Waals surface area contributed by atoms with E-state index in [1.165, 1.54) is 38.5 Å². The summed E-state index contributed by atoms with van der Waals surface area (Å²) in [6, 6.07) is 10.6. The zero-order valence-corrected chi connectivity index (χ0v) is 15.3. The van der Waals surface area contributed by atoms with Gasteiger partial charge in [-0.05, 0) is 36.4 Å². The quantitative estimate of drug-likeness (QED) is 0.827. The van der Waals surface area contributed by atoms with Crippen molar-refractivity contribution in [3.63, 3.8) is 0 Å². The minimum atomic E-state index is -0.382. The van der Waals surface area contributed by atoms with E-state index in [1.54, 1.807) is 28.0 Å². The smallest absolute Gasteiger partial charge is 0.261 e. The first-order valence-electron chi connectivity index (χ1n) is 8.60. The van der Waals surface area contributed by atoms with E-state index in [4.69, 9.17) is 9.47 Å². The molecule has 7 heteroatoms. The summed E-state index contributed by atoms with van der Waals surface area (Å²) in [4.78, 5) is 28.8. The highest BCUT2D eigenvalue weighted by molar-refractivity contribution is 6.00. The van der Waals surface area contributed by atoms with Gasteiger partial charge in [-0.15, -0.1) is 0 Å². The lowest BCUT2D eigenvalue weighted by atomic mass is 10.1. The summed E-state index contributed by atoms with van der Waals surface area (Å²) in [5.74, 6) is 0.149. The molecule has 6 nitrogen and oxygen atoms in total. The number of hydrogen-bond donors (Lipinski definition) is 0. The first-order valence-corrected chi connectivity index (χ1v) is 8.60. The third kappa shape index (κ3) is 3.86. The number of halogens is 1. The van der Waals surface area contributed by atoms with Gasteiger partial charge in [0.1, 0.15) is 22.9 Å². The van der Waals surface area contributed by atoms with Gasteiger partial charge in [-0.1, -0.05) is 6.07 Å². The number of methoxy groups -OCH3 is 2. The molecule has 0 aliphatic carbocycles. The number of amides is 2. The van der Waals surface area contributed by atoms with Crippen molar-refractivity contribution in [2.24, 2.45) is 0 Å². The zero-order valence-electron chi connectivity index (χ0n) is 15.3. The highest BCUT2D eigenvalue weighted by Gasteiger charge is 2.28. The molecule has 1 saturated heterocycles. The SMILES string of the molecule is COc1cccc(OC)c1C(=O)N1CCN(C(=O)c2ccc(F)cc2)CC1. The Labute approximate surface area is 157 Å². The lowest BCUT2D eigenvalue weighted by Gasteiger charge is -2.35. The Morgan fingerprint density at radius 1 is 0.815 bits per heavy atom. The van der Waals surface area contributed by atoms with Gasteiger partial charge in [0.05, 0.1) is 14.2 Å². The van der Waals surface area contributed by atoms with E-state index in [2.05, 4.69) is 0 Å². The molecule has 2 aromatic rings. The first kappa shape index (κ1) is 18.7.